The minimum absolute atomic E-state index is 0.106. The van der Waals surface area contributed by atoms with Crippen molar-refractivity contribution in [3.8, 4) is 0 Å². The van der Waals surface area contributed by atoms with Gasteiger partial charge in [0.15, 0.2) is 5.78 Å². The number of carbonyl (C=O) groups is 1. The van der Waals surface area contributed by atoms with Gasteiger partial charge in [-0.2, -0.15) is 0 Å². The lowest BCUT2D eigenvalue weighted by atomic mass is 9.88. The highest BCUT2D eigenvalue weighted by molar-refractivity contribution is 5.95. The van der Waals surface area contributed by atoms with Crippen LogP contribution in [0, 0.1) is 23.2 Å². The first-order valence-corrected chi connectivity index (χ1v) is 4.74. The molecule has 0 aliphatic heterocycles. The van der Waals surface area contributed by atoms with E-state index in [9.17, 15) is 9.90 Å². The molecule has 2 nitrogen and oxygen atoms in total. The summed E-state index contributed by atoms with van der Waals surface area (Å²) in [5, 5.41) is 9.53. The van der Waals surface area contributed by atoms with Gasteiger partial charge in [0.25, 0.3) is 0 Å². The maximum absolute atomic E-state index is 11.7. The number of aliphatic hydroxyl groups excluding tert-OH is 1. The monoisotopic (exact) mass is 168 g/mol. The third kappa shape index (κ3) is 0.674. The van der Waals surface area contributed by atoms with Crippen molar-refractivity contribution in [3.05, 3.63) is 0 Å². The van der Waals surface area contributed by atoms with Crippen molar-refractivity contribution in [1.29, 1.82) is 0 Å². The van der Waals surface area contributed by atoms with Crippen molar-refractivity contribution in [2.75, 3.05) is 0 Å². The number of carbonyl (C=O) groups excluding carboxylic acids is 1. The molecule has 0 aromatic carbocycles. The van der Waals surface area contributed by atoms with Gasteiger partial charge in [0, 0.05) is 5.41 Å². The van der Waals surface area contributed by atoms with Crippen LogP contribution in [0.15, 0.2) is 0 Å². The Morgan fingerprint density at radius 1 is 1.58 bits per heavy atom. The van der Waals surface area contributed by atoms with Crippen molar-refractivity contribution in [2.45, 2.75) is 33.3 Å². The third-order valence-corrected chi connectivity index (χ3v) is 3.95. The van der Waals surface area contributed by atoms with E-state index >= 15 is 0 Å². The van der Waals surface area contributed by atoms with Crippen molar-refractivity contribution in [3.63, 3.8) is 0 Å². The van der Waals surface area contributed by atoms with Crippen LogP contribution in [-0.4, -0.2) is 17.0 Å². The van der Waals surface area contributed by atoms with E-state index in [1.807, 2.05) is 6.92 Å². The average Bonchev–Trinajstić information content (AvgIpc) is 2.71. The molecule has 3 unspecified atom stereocenters. The molecule has 0 radical (unpaired) electrons. The highest BCUT2D eigenvalue weighted by Gasteiger charge is 2.70. The number of rotatable bonds is 1. The summed E-state index contributed by atoms with van der Waals surface area (Å²) in [6, 6.07) is 0. The van der Waals surface area contributed by atoms with Gasteiger partial charge in [0.2, 0.25) is 0 Å². The number of aliphatic hydroxyl groups is 1. The summed E-state index contributed by atoms with van der Waals surface area (Å²) in [6.45, 7) is 6.16. The topological polar surface area (TPSA) is 37.3 Å². The molecule has 2 saturated carbocycles. The average molecular weight is 168 g/mol. The van der Waals surface area contributed by atoms with E-state index in [0.29, 0.717) is 11.8 Å². The zero-order valence-corrected chi connectivity index (χ0v) is 7.87. The molecule has 0 bridgehead atoms. The molecule has 0 saturated heterocycles. The quantitative estimate of drug-likeness (QED) is 0.639. The van der Waals surface area contributed by atoms with E-state index in [-0.39, 0.29) is 17.1 Å². The Kier molecular flexibility index (Phi) is 1.45. The fourth-order valence-electron chi connectivity index (χ4n) is 2.93. The number of hydrogen-bond donors (Lipinski definition) is 1. The molecule has 0 aromatic heterocycles. The van der Waals surface area contributed by atoms with Gasteiger partial charge < -0.3 is 5.11 Å². The first kappa shape index (κ1) is 8.24. The molecule has 12 heavy (non-hydrogen) atoms. The minimum atomic E-state index is -0.675. The van der Waals surface area contributed by atoms with Crippen LogP contribution in [0.3, 0.4) is 0 Å². The zero-order valence-electron chi connectivity index (χ0n) is 7.87. The number of Topliss-reactive ketones (excluding diaryl/α,β-unsaturated/α-hetero) is 1. The number of hydrogen-bond acceptors (Lipinski definition) is 2. The van der Waals surface area contributed by atoms with E-state index in [1.54, 1.807) is 0 Å². The first-order valence-electron chi connectivity index (χ1n) is 4.74. The van der Waals surface area contributed by atoms with Crippen molar-refractivity contribution in [1.82, 2.24) is 0 Å². The fourth-order valence-corrected chi connectivity index (χ4v) is 2.93. The first-order chi connectivity index (χ1) is 5.51. The van der Waals surface area contributed by atoms with Gasteiger partial charge in [0.05, 0.1) is 0 Å². The van der Waals surface area contributed by atoms with Gasteiger partial charge >= 0.3 is 0 Å². The summed E-state index contributed by atoms with van der Waals surface area (Å²) < 4.78 is 0. The van der Waals surface area contributed by atoms with E-state index in [1.165, 1.54) is 0 Å². The second-order valence-corrected chi connectivity index (χ2v) is 4.67. The summed E-state index contributed by atoms with van der Waals surface area (Å²) in [7, 11) is 0. The summed E-state index contributed by atoms with van der Waals surface area (Å²) in [5.74, 6) is 1.17. The Hall–Kier alpha value is -0.370. The van der Waals surface area contributed by atoms with E-state index in [0.717, 1.165) is 6.42 Å². The van der Waals surface area contributed by atoms with Gasteiger partial charge in [0.1, 0.15) is 6.10 Å². The van der Waals surface area contributed by atoms with E-state index < -0.39 is 6.10 Å². The van der Waals surface area contributed by atoms with Crippen LogP contribution in [0.1, 0.15) is 27.2 Å². The molecule has 0 aromatic rings. The second-order valence-electron chi connectivity index (χ2n) is 4.67. The zero-order chi connectivity index (χ0) is 9.09. The summed E-state index contributed by atoms with van der Waals surface area (Å²) in [5.41, 5.74) is -0.126. The van der Waals surface area contributed by atoms with Crippen LogP contribution in [-0.2, 0) is 4.79 Å². The molecule has 68 valence electrons. The highest BCUT2D eigenvalue weighted by atomic mass is 16.3. The lowest BCUT2D eigenvalue weighted by Gasteiger charge is -2.16. The lowest BCUT2D eigenvalue weighted by Crippen LogP contribution is -2.29. The van der Waals surface area contributed by atoms with Crippen LogP contribution in [0.25, 0.3) is 0 Å². The van der Waals surface area contributed by atoms with Gasteiger partial charge in [-0.05, 0) is 24.2 Å². The number of fused-ring (bicyclic) bond motifs is 1. The molecule has 0 amide bonds. The Bertz CT molecular complexity index is 234. The van der Waals surface area contributed by atoms with E-state index in [2.05, 4.69) is 13.8 Å². The number of ketones is 1. The smallest absolute Gasteiger partial charge is 0.168 e. The maximum atomic E-state index is 11.7. The van der Waals surface area contributed by atoms with Crippen LogP contribution in [0.4, 0.5) is 0 Å². The summed E-state index contributed by atoms with van der Waals surface area (Å²) in [4.78, 5) is 11.7. The molecule has 2 aliphatic carbocycles. The molecule has 1 N–H and O–H groups in total. The van der Waals surface area contributed by atoms with Crippen LogP contribution in [0.2, 0.25) is 0 Å². The normalized spacial score (nSPS) is 51.4. The molecule has 0 heterocycles. The van der Waals surface area contributed by atoms with Crippen LogP contribution < -0.4 is 0 Å². The maximum Gasteiger partial charge on any atom is 0.168 e. The fraction of sp³-hybridized carbons (Fsp3) is 0.900. The Balaban J connectivity index is 2.30. The Labute approximate surface area is 73.0 Å². The van der Waals surface area contributed by atoms with Crippen molar-refractivity contribution in [2.24, 2.45) is 23.2 Å². The molecule has 2 fully saturated rings. The van der Waals surface area contributed by atoms with Gasteiger partial charge in [-0.15, -0.1) is 0 Å². The molecule has 4 atom stereocenters. The van der Waals surface area contributed by atoms with Gasteiger partial charge in [-0.3, -0.25) is 4.79 Å². The lowest BCUT2D eigenvalue weighted by molar-refractivity contribution is -0.132. The minimum Gasteiger partial charge on any atom is -0.385 e. The standard InChI is InChI=1S/C10H16O2/c1-5(2)10-4-7(10)6(3)8(11)9(10)12/h5-8,11H,4H2,1-3H3/t6?,7?,8-,10?/m0/s1. The predicted molar refractivity (Wildman–Crippen MR) is 45.6 cm³/mol. The SMILES string of the molecule is CC1C2CC2(C(C)C)C(=O)[C@H]1O. The molecular weight excluding hydrogens is 152 g/mol. The third-order valence-electron chi connectivity index (χ3n) is 3.95. The molecule has 0 spiro atoms. The van der Waals surface area contributed by atoms with E-state index in [4.69, 9.17) is 0 Å². The highest BCUT2D eigenvalue weighted by Crippen LogP contribution is 2.67. The summed E-state index contributed by atoms with van der Waals surface area (Å²) in [6.07, 6.45) is 0.341. The van der Waals surface area contributed by atoms with Crippen LogP contribution in [0.5, 0.6) is 0 Å². The molecule has 2 rings (SSSR count). The molecule has 2 aliphatic rings. The molecule has 2 heteroatoms. The summed E-state index contributed by atoms with van der Waals surface area (Å²) >= 11 is 0. The van der Waals surface area contributed by atoms with Gasteiger partial charge in [-0.1, -0.05) is 20.8 Å². The van der Waals surface area contributed by atoms with Crippen molar-refractivity contribution < 1.29 is 9.90 Å². The largest absolute Gasteiger partial charge is 0.385 e. The Morgan fingerprint density at radius 2 is 2.17 bits per heavy atom. The predicted octanol–water partition coefficient (Wildman–Crippen LogP) is 1.23. The van der Waals surface area contributed by atoms with Crippen LogP contribution >= 0.6 is 0 Å². The van der Waals surface area contributed by atoms with Gasteiger partial charge in [-0.25, -0.2) is 0 Å². The van der Waals surface area contributed by atoms with Crippen molar-refractivity contribution >= 4 is 5.78 Å². The second kappa shape index (κ2) is 2.11. The molecular formula is C10H16O2. The Morgan fingerprint density at radius 3 is 2.42 bits per heavy atom.